The molecular formula is C67H44N2O2. The molecule has 0 amide bonds. The Balaban J connectivity index is 0.874. The highest BCUT2D eigenvalue weighted by molar-refractivity contribution is 6.09. The summed E-state index contributed by atoms with van der Waals surface area (Å²) in [6, 6.07) is 95.6. The van der Waals surface area contributed by atoms with Crippen LogP contribution in [0.15, 0.2) is 271 Å². The number of benzene rings is 11. The third-order valence-electron chi connectivity index (χ3n) is 14.5. The van der Waals surface area contributed by atoms with Crippen LogP contribution in [0, 0.1) is 0 Å². The predicted octanol–water partition coefficient (Wildman–Crippen LogP) is 18.3. The van der Waals surface area contributed by atoms with Gasteiger partial charge in [-0.15, -0.1) is 0 Å². The number of rotatable bonds is 8. The molecule has 2 aliphatic rings. The topological polar surface area (TPSA) is 28.9 Å². The molecule has 0 saturated carbocycles. The Bertz CT molecular complexity index is 3870. The van der Waals surface area contributed by atoms with E-state index in [9.17, 15) is 0 Å². The lowest BCUT2D eigenvalue weighted by Crippen LogP contribution is -2.32. The highest BCUT2D eigenvalue weighted by atomic mass is 16.5. The van der Waals surface area contributed by atoms with E-state index in [0.29, 0.717) is 0 Å². The van der Waals surface area contributed by atoms with Gasteiger partial charge in [-0.2, -0.15) is 0 Å². The zero-order chi connectivity index (χ0) is 46.9. The Morgan fingerprint density at radius 3 is 1.34 bits per heavy atom. The molecule has 0 radical (unpaired) electrons. The second-order valence-corrected chi connectivity index (χ2v) is 18.4. The number of hydrogen-bond acceptors (Lipinski definition) is 4. The first-order chi connectivity index (χ1) is 35.2. The molecule has 12 aromatic rings. The highest BCUT2D eigenvalue weighted by Gasteiger charge is 2.51. The molecule has 0 unspecified atom stereocenters. The number of fused-ring (bicyclic) bond motifs is 12. The van der Waals surface area contributed by atoms with Crippen LogP contribution in [0.5, 0.6) is 11.5 Å². The lowest BCUT2D eigenvalue weighted by Gasteiger charge is -2.39. The maximum absolute atomic E-state index is 6.76. The molecule has 11 aromatic carbocycles. The monoisotopic (exact) mass is 908 g/mol. The van der Waals surface area contributed by atoms with Crippen LogP contribution >= 0.6 is 0 Å². The Morgan fingerprint density at radius 1 is 0.282 bits per heavy atom. The fraction of sp³-hybridized carbons (Fsp3) is 0.0149. The molecule has 1 aliphatic carbocycles. The summed E-state index contributed by atoms with van der Waals surface area (Å²) in [6.07, 6.45) is 0. The van der Waals surface area contributed by atoms with E-state index >= 15 is 0 Å². The van der Waals surface area contributed by atoms with Gasteiger partial charge in [-0.05, 0) is 136 Å². The smallest absolute Gasteiger partial charge is 0.143 e. The molecule has 14 rings (SSSR count). The van der Waals surface area contributed by atoms with Crippen molar-refractivity contribution in [3.8, 4) is 44.9 Å². The number of nitrogens with zero attached hydrogens (tertiary/aromatic N) is 2. The van der Waals surface area contributed by atoms with Crippen LogP contribution in [0.4, 0.5) is 34.1 Å². The van der Waals surface area contributed by atoms with Crippen molar-refractivity contribution in [1.29, 1.82) is 0 Å². The Kier molecular flexibility index (Phi) is 9.39. The zero-order valence-corrected chi connectivity index (χ0v) is 38.6. The van der Waals surface area contributed by atoms with Crippen molar-refractivity contribution in [2.45, 2.75) is 5.41 Å². The van der Waals surface area contributed by atoms with E-state index in [1.165, 1.54) is 22.3 Å². The van der Waals surface area contributed by atoms with Gasteiger partial charge in [0.25, 0.3) is 0 Å². The second kappa shape index (κ2) is 16.4. The van der Waals surface area contributed by atoms with E-state index < -0.39 is 5.41 Å². The van der Waals surface area contributed by atoms with Gasteiger partial charge in [-0.25, -0.2) is 0 Å². The molecule has 1 spiro atoms. The molecule has 2 heterocycles. The summed E-state index contributed by atoms with van der Waals surface area (Å²) >= 11 is 0. The quantitative estimate of drug-likeness (QED) is 0.152. The largest absolute Gasteiger partial charge is 0.457 e. The summed E-state index contributed by atoms with van der Waals surface area (Å²) in [5.74, 6) is 1.77. The molecule has 1 aliphatic heterocycles. The van der Waals surface area contributed by atoms with Crippen LogP contribution in [-0.2, 0) is 5.41 Å². The fourth-order valence-electron chi connectivity index (χ4n) is 11.4. The number of furan rings is 1. The average Bonchev–Trinajstić information content (AvgIpc) is 3.97. The third kappa shape index (κ3) is 6.46. The average molecular weight is 909 g/mol. The summed E-state index contributed by atoms with van der Waals surface area (Å²) in [5, 5.41) is 2.24. The van der Waals surface area contributed by atoms with E-state index in [2.05, 4.69) is 265 Å². The van der Waals surface area contributed by atoms with Gasteiger partial charge in [-0.1, -0.05) is 170 Å². The van der Waals surface area contributed by atoms with Gasteiger partial charge in [0.2, 0.25) is 0 Å². The summed E-state index contributed by atoms with van der Waals surface area (Å²) in [6.45, 7) is 0. The van der Waals surface area contributed by atoms with Crippen molar-refractivity contribution in [3.63, 3.8) is 0 Å². The van der Waals surface area contributed by atoms with Gasteiger partial charge in [-0.3, -0.25) is 0 Å². The molecular weight excluding hydrogens is 865 g/mol. The minimum absolute atomic E-state index is 0.533. The summed E-state index contributed by atoms with van der Waals surface area (Å²) in [7, 11) is 0. The van der Waals surface area contributed by atoms with E-state index in [1.807, 2.05) is 12.1 Å². The fourth-order valence-corrected chi connectivity index (χ4v) is 11.4. The van der Waals surface area contributed by atoms with Crippen molar-refractivity contribution < 1.29 is 9.15 Å². The number of hydrogen-bond donors (Lipinski definition) is 0. The molecule has 4 heteroatoms. The lowest BCUT2D eigenvalue weighted by molar-refractivity contribution is 0.436. The first-order valence-electron chi connectivity index (χ1n) is 24.2. The number of anilines is 6. The first-order valence-corrected chi connectivity index (χ1v) is 24.2. The molecule has 1 aromatic heterocycles. The molecule has 0 bridgehead atoms. The van der Waals surface area contributed by atoms with Gasteiger partial charge in [0.05, 0.1) is 5.41 Å². The Morgan fingerprint density at radius 2 is 0.718 bits per heavy atom. The van der Waals surface area contributed by atoms with Gasteiger partial charge in [0.1, 0.15) is 22.7 Å². The highest BCUT2D eigenvalue weighted by Crippen LogP contribution is 2.62. The third-order valence-corrected chi connectivity index (χ3v) is 14.5. The normalized spacial score (nSPS) is 12.7. The van der Waals surface area contributed by atoms with Crippen LogP contribution in [0.2, 0.25) is 0 Å². The zero-order valence-electron chi connectivity index (χ0n) is 38.6. The predicted molar refractivity (Wildman–Crippen MR) is 291 cm³/mol. The van der Waals surface area contributed by atoms with Crippen molar-refractivity contribution in [1.82, 2.24) is 0 Å². The molecule has 0 N–H and O–H groups in total. The Labute approximate surface area is 412 Å². The second-order valence-electron chi connectivity index (χ2n) is 18.4. The van der Waals surface area contributed by atoms with Crippen LogP contribution in [-0.4, -0.2) is 0 Å². The van der Waals surface area contributed by atoms with Gasteiger partial charge >= 0.3 is 0 Å². The lowest BCUT2D eigenvalue weighted by atomic mass is 9.66. The van der Waals surface area contributed by atoms with Crippen LogP contribution in [0.3, 0.4) is 0 Å². The maximum Gasteiger partial charge on any atom is 0.143 e. The van der Waals surface area contributed by atoms with E-state index in [0.717, 1.165) is 101 Å². The van der Waals surface area contributed by atoms with Crippen molar-refractivity contribution in [2.24, 2.45) is 0 Å². The minimum atomic E-state index is -0.533. The summed E-state index contributed by atoms with van der Waals surface area (Å²) < 4.78 is 13.2. The van der Waals surface area contributed by atoms with Crippen molar-refractivity contribution in [3.05, 3.63) is 289 Å². The summed E-state index contributed by atoms with van der Waals surface area (Å²) in [5.41, 5.74) is 19.5. The molecule has 4 nitrogen and oxygen atoms in total. The maximum atomic E-state index is 6.76. The standard InChI is InChI=1S/C67H44N2O2/c1-3-16-48(17-4-1)68(49-18-5-2-6-19-49)52-39-41-53(42-40-52)69(51-37-32-46(33-38-51)54-23-15-24-58-57-22-9-13-28-63(57)71-66(54)58)50-35-30-45(31-36-50)47-34-43-65-62(44-47)67(61-27-12-14-29-64(61)70-65)59-25-10-7-20-55(59)56-21-8-11-26-60(56)67/h1-44H. The summed E-state index contributed by atoms with van der Waals surface area (Å²) in [4.78, 5) is 4.64. The SMILES string of the molecule is c1ccc(N(c2ccccc2)c2ccc(N(c3ccc(-c4ccc5c(c4)C4(c6ccccc6O5)c5ccccc5-c5ccccc54)cc3)c3ccc(-c4cccc5c4oc4ccccc45)cc3)cc2)cc1. The molecule has 0 fully saturated rings. The molecule has 0 saturated heterocycles. The van der Waals surface area contributed by atoms with Crippen LogP contribution in [0.1, 0.15) is 22.3 Å². The van der Waals surface area contributed by atoms with Crippen molar-refractivity contribution >= 4 is 56.1 Å². The van der Waals surface area contributed by atoms with Gasteiger partial charge < -0.3 is 19.0 Å². The van der Waals surface area contributed by atoms with E-state index in [1.54, 1.807) is 0 Å². The van der Waals surface area contributed by atoms with E-state index in [4.69, 9.17) is 9.15 Å². The van der Waals surface area contributed by atoms with Crippen molar-refractivity contribution in [2.75, 3.05) is 9.80 Å². The molecule has 334 valence electrons. The Hall–Kier alpha value is -9.38. The number of ether oxygens (including phenoxy) is 1. The van der Waals surface area contributed by atoms with Gasteiger partial charge in [0, 0.05) is 61.6 Å². The minimum Gasteiger partial charge on any atom is -0.457 e. The van der Waals surface area contributed by atoms with Crippen LogP contribution < -0.4 is 14.5 Å². The number of para-hydroxylation sites is 5. The van der Waals surface area contributed by atoms with Gasteiger partial charge in [0.15, 0.2) is 0 Å². The van der Waals surface area contributed by atoms with E-state index in [-0.39, 0.29) is 0 Å². The molecule has 71 heavy (non-hydrogen) atoms. The van der Waals surface area contributed by atoms with Crippen LogP contribution in [0.25, 0.3) is 55.3 Å². The first kappa shape index (κ1) is 40.7. The molecule has 0 atom stereocenters.